The van der Waals surface area contributed by atoms with E-state index in [4.69, 9.17) is 0 Å². The summed E-state index contributed by atoms with van der Waals surface area (Å²) in [7, 11) is 6.52. The molecule has 1 aromatic rings. The first-order chi connectivity index (χ1) is 11.6. The monoisotopic (exact) mass is 362 g/mol. The molecule has 0 radical (unpaired) electrons. The van der Waals surface area contributed by atoms with Crippen LogP contribution in [0.1, 0.15) is 29.9 Å². The minimum Gasteiger partial charge on any atom is -0.394 e. The van der Waals surface area contributed by atoms with Crippen LogP contribution in [-0.4, -0.2) is 48.6 Å². The van der Waals surface area contributed by atoms with Crippen LogP contribution in [-0.2, 0) is 4.79 Å². The highest BCUT2D eigenvalue weighted by atomic mass is 32.2. The first-order valence-corrected chi connectivity index (χ1v) is 10.3. The van der Waals surface area contributed by atoms with Gasteiger partial charge >= 0.3 is 0 Å². The number of likely N-dealkylation sites (tertiary alicyclic amines) is 1. The predicted octanol–water partition coefficient (Wildman–Crippen LogP) is 3.19. The molecule has 1 N–H and O–H groups in total. The number of likely N-dealkylation sites (N-methyl/N-ethyl adjacent to an activating group) is 1. The van der Waals surface area contributed by atoms with E-state index in [1.807, 2.05) is 7.05 Å². The van der Waals surface area contributed by atoms with Crippen LogP contribution < -0.4 is 5.32 Å². The third-order valence-corrected chi connectivity index (χ3v) is 6.91. The van der Waals surface area contributed by atoms with E-state index in [1.54, 1.807) is 11.8 Å². The van der Waals surface area contributed by atoms with Crippen molar-refractivity contribution >= 4 is 32.1 Å². The first-order valence-electron chi connectivity index (χ1n) is 8.62. The fourth-order valence-corrected chi connectivity index (χ4v) is 5.53. The highest BCUT2D eigenvalue weighted by Gasteiger charge is 2.39. The molecule has 130 valence electrons. The van der Waals surface area contributed by atoms with Gasteiger partial charge in [-0.3, -0.25) is 4.79 Å². The quantitative estimate of drug-likeness (QED) is 0.816. The maximum Gasteiger partial charge on any atom is 0.158 e. The zero-order chi connectivity index (χ0) is 17.1. The standard InChI is InChI=1S/C19H27N2OPS/c1-20-9-14-8-18-17(16-6-4-3-5-15(14)16)7-13(10-21(18)2)11-24-12-19(22)23/h3-6,9,13,17-18,20H,7-8,10-12,23H2,1-2H3/b14-9-. The van der Waals surface area contributed by atoms with E-state index in [2.05, 4.69) is 57.0 Å². The van der Waals surface area contributed by atoms with Gasteiger partial charge in [-0.15, -0.1) is 0 Å². The van der Waals surface area contributed by atoms with Crippen molar-refractivity contribution in [1.29, 1.82) is 0 Å². The Morgan fingerprint density at radius 2 is 2.25 bits per heavy atom. The van der Waals surface area contributed by atoms with Crippen LogP contribution in [0.15, 0.2) is 30.5 Å². The molecule has 1 aliphatic heterocycles. The number of rotatable bonds is 5. The van der Waals surface area contributed by atoms with Crippen LogP contribution in [0.2, 0.25) is 0 Å². The van der Waals surface area contributed by atoms with Gasteiger partial charge in [0.1, 0.15) is 0 Å². The van der Waals surface area contributed by atoms with E-state index in [9.17, 15) is 4.79 Å². The number of nitrogens with zero attached hydrogens (tertiary/aromatic N) is 1. The number of fused-ring (bicyclic) bond motifs is 3. The SMILES string of the molecule is CN/C=C1/CC2C(CC(CSCC(=O)P)CN2C)c2ccccc21. The van der Waals surface area contributed by atoms with Crippen molar-refractivity contribution in [3.8, 4) is 0 Å². The zero-order valence-electron chi connectivity index (χ0n) is 14.5. The minimum atomic E-state index is 0.201. The lowest BCUT2D eigenvalue weighted by atomic mass is 9.70. The predicted molar refractivity (Wildman–Crippen MR) is 107 cm³/mol. The van der Waals surface area contributed by atoms with Crippen LogP contribution in [0.4, 0.5) is 0 Å². The fourth-order valence-electron chi connectivity index (χ4n) is 4.28. The third-order valence-electron chi connectivity index (χ3n) is 5.22. The van der Waals surface area contributed by atoms with Gasteiger partial charge in [0.2, 0.25) is 0 Å². The molecule has 4 atom stereocenters. The lowest BCUT2D eigenvalue weighted by Gasteiger charge is -2.47. The van der Waals surface area contributed by atoms with Gasteiger partial charge in [0, 0.05) is 31.8 Å². The molecule has 3 rings (SSSR count). The summed E-state index contributed by atoms with van der Waals surface area (Å²) < 4.78 is 0. The van der Waals surface area contributed by atoms with E-state index in [0.29, 0.717) is 23.6 Å². The number of thioether (sulfide) groups is 1. The van der Waals surface area contributed by atoms with E-state index >= 15 is 0 Å². The van der Waals surface area contributed by atoms with Crippen LogP contribution in [0.5, 0.6) is 0 Å². The highest BCUT2D eigenvalue weighted by Crippen LogP contribution is 2.46. The van der Waals surface area contributed by atoms with E-state index in [-0.39, 0.29) is 5.52 Å². The smallest absolute Gasteiger partial charge is 0.158 e. The van der Waals surface area contributed by atoms with Gasteiger partial charge in [0.25, 0.3) is 0 Å². The summed E-state index contributed by atoms with van der Waals surface area (Å²) >= 11 is 1.78. The maximum atomic E-state index is 11.2. The summed E-state index contributed by atoms with van der Waals surface area (Å²) in [5.74, 6) is 2.96. The molecule has 1 fully saturated rings. The number of benzene rings is 1. The molecule has 0 bridgehead atoms. The minimum absolute atomic E-state index is 0.201. The Labute approximate surface area is 151 Å². The average molecular weight is 362 g/mol. The number of carbonyl (C=O) groups is 1. The van der Waals surface area contributed by atoms with Crippen LogP contribution in [0.3, 0.4) is 0 Å². The molecular formula is C19H27N2OPS. The molecule has 1 saturated heterocycles. The van der Waals surface area contributed by atoms with Gasteiger partial charge in [-0.25, -0.2) is 0 Å². The molecule has 1 aromatic carbocycles. The lowest BCUT2D eigenvalue weighted by Crippen LogP contribution is -2.47. The molecule has 5 heteroatoms. The Morgan fingerprint density at radius 1 is 1.46 bits per heavy atom. The molecule has 1 aliphatic carbocycles. The van der Waals surface area contributed by atoms with Crippen molar-refractivity contribution in [3.05, 3.63) is 41.6 Å². The summed E-state index contributed by atoms with van der Waals surface area (Å²) in [6.07, 6.45) is 4.51. The third kappa shape index (κ3) is 3.87. The average Bonchev–Trinajstić information content (AvgIpc) is 2.56. The van der Waals surface area contributed by atoms with Crippen LogP contribution in [0, 0.1) is 5.92 Å². The highest BCUT2D eigenvalue weighted by molar-refractivity contribution is 8.00. The molecule has 0 spiro atoms. The van der Waals surface area contributed by atoms with E-state index in [0.717, 1.165) is 18.7 Å². The van der Waals surface area contributed by atoms with Gasteiger partial charge in [-0.1, -0.05) is 33.5 Å². The molecule has 0 saturated carbocycles. The zero-order valence-corrected chi connectivity index (χ0v) is 16.5. The van der Waals surface area contributed by atoms with Crippen molar-refractivity contribution in [2.75, 3.05) is 32.1 Å². The molecule has 3 nitrogen and oxygen atoms in total. The fraction of sp³-hybridized carbons (Fsp3) is 0.526. The van der Waals surface area contributed by atoms with Gasteiger partial charge < -0.3 is 10.2 Å². The second-order valence-electron chi connectivity index (χ2n) is 6.95. The van der Waals surface area contributed by atoms with Crippen molar-refractivity contribution in [1.82, 2.24) is 10.2 Å². The number of hydrogen-bond acceptors (Lipinski definition) is 4. The molecule has 1 heterocycles. The summed E-state index contributed by atoms with van der Waals surface area (Å²) in [5, 5.41) is 3.22. The van der Waals surface area contributed by atoms with Gasteiger partial charge in [-0.05, 0) is 48.3 Å². The molecule has 4 unspecified atom stereocenters. The second kappa shape index (κ2) is 8.03. The normalized spacial score (nSPS) is 28.3. The molecule has 2 aliphatic rings. The number of carbonyl (C=O) groups excluding carboxylic acids is 1. The number of nitrogens with one attached hydrogen (secondary N) is 1. The topological polar surface area (TPSA) is 32.3 Å². The second-order valence-corrected chi connectivity index (χ2v) is 8.62. The Kier molecular flexibility index (Phi) is 6.02. The van der Waals surface area contributed by atoms with Crippen molar-refractivity contribution in [2.45, 2.75) is 24.8 Å². The number of piperidine rings is 1. The van der Waals surface area contributed by atoms with Crippen molar-refractivity contribution in [3.63, 3.8) is 0 Å². The van der Waals surface area contributed by atoms with Crippen LogP contribution >= 0.6 is 21.0 Å². The summed E-state index contributed by atoms with van der Waals surface area (Å²) in [5.41, 5.74) is 4.53. The van der Waals surface area contributed by atoms with E-state index < -0.39 is 0 Å². The summed E-state index contributed by atoms with van der Waals surface area (Å²) in [4.78, 5) is 13.7. The summed E-state index contributed by atoms with van der Waals surface area (Å²) in [6.45, 7) is 1.13. The first kappa shape index (κ1) is 18.0. The summed E-state index contributed by atoms with van der Waals surface area (Å²) in [6, 6.07) is 9.48. The van der Waals surface area contributed by atoms with Gasteiger partial charge in [0.15, 0.2) is 5.52 Å². The Hall–Kier alpha value is -0.830. The molecule has 24 heavy (non-hydrogen) atoms. The maximum absolute atomic E-state index is 11.2. The van der Waals surface area contributed by atoms with Gasteiger partial charge in [0.05, 0.1) is 5.75 Å². The Balaban J connectivity index is 1.81. The Bertz CT molecular complexity index is 634. The van der Waals surface area contributed by atoms with Crippen LogP contribution in [0.25, 0.3) is 5.57 Å². The molecule has 0 amide bonds. The van der Waals surface area contributed by atoms with Gasteiger partial charge in [-0.2, -0.15) is 11.8 Å². The largest absolute Gasteiger partial charge is 0.394 e. The Morgan fingerprint density at radius 3 is 3.00 bits per heavy atom. The van der Waals surface area contributed by atoms with E-state index in [1.165, 1.54) is 23.1 Å². The number of hydrogen-bond donors (Lipinski definition) is 1. The molecule has 0 aromatic heterocycles. The van der Waals surface area contributed by atoms with Crippen molar-refractivity contribution in [2.24, 2.45) is 5.92 Å². The van der Waals surface area contributed by atoms with Crippen molar-refractivity contribution < 1.29 is 4.79 Å². The molecular weight excluding hydrogens is 335 g/mol. The lowest BCUT2D eigenvalue weighted by molar-refractivity contribution is -0.108.